The Morgan fingerprint density at radius 3 is 1.87 bits per heavy atom. The highest BCUT2D eigenvalue weighted by molar-refractivity contribution is 5.87. The molecule has 3 rings (SSSR count). The minimum Gasteiger partial charge on any atom is -0.545 e. The second-order valence-corrected chi connectivity index (χ2v) is 7.10. The molecule has 0 spiro atoms. The van der Waals surface area contributed by atoms with Gasteiger partial charge in [-0.25, -0.2) is 0 Å². The third-order valence-electron chi connectivity index (χ3n) is 5.18. The maximum atomic E-state index is 10.7. The van der Waals surface area contributed by atoms with Gasteiger partial charge in [-0.05, 0) is 49.2 Å². The van der Waals surface area contributed by atoms with Crippen LogP contribution in [0, 0.1) is 0 Å². The fraction of sp³-hybridized carbons (Fsp3) is 0.333. The van der Waals surface area contributed by atoms with Gasteiger partial charge in [-0.15, -0.1) is 0 Å². The monoisotopic (exact) mass is 409 g/mol. The van der Waals surface area contributed by atoms with Crippen molar-refractivity contribution in [2.45, 2.75) is 37.8 Å². The van der Waals surface area contributed by atoms with Gasteiger partial charge in [-0.1, -0.05) is 67.6 Å². The number of rotatable bonds is 6. The fourth-order valence-electron chi connectivity index (χ4n) is 3.91. The van der Waals surface area contributed by atoms with Gasteiger partial charge < -0.3 is 24.9 Å². The molecule has 30 heavy (non-hydrogen) atoms. The van der Waals surface area contributed by atoms with Gasteiger partial charge in [0.05, 0.1) is 18.0 Å². The molecule has 160 valence electrons. The molecule has 6 heteroatoms. The van der Waals surface area contributed by atoms with Gasteiger partial charge in [0.2, 0.25) is 0 Å². The lowest BCUT2D eigenvalue weighted by molar-refractivity contribution is -0.301. The van der Waals surface area contributed by atoms with Crippen LogP contribution in [0.3, 0.4) is 0 Å². The van der Waals surface area contributed by atoms with Crippen molar-refractivity contribution >= 4 is 11.9 Å². The molecular weight excluding hydrogens is 382 g/mol. The van der Waals surface area contributed by atoms with Crippen molar-refractivity contribution in [3.8, 4) is 0 Å². The lowest BCUT2D eigenvalue weighted by Gasteiger charge is -2.43. The molecule has 1 heterocycles. The number of hydrogen-bond donors (Lipinski definition) is 1. The summed E-state index contributed by atoms with van der Waals surface area (Å²) in [5, 5.41) is 29.6. The molecule has 1 aliphatic heterocycles. The van der Waals surface area contributed by atoms with Gasteiger partial charge in [-0.2, -0.15) is 0 Å². The summed E-state index contributed by atoms with van der Waals surface area (Å²) in [5.74, 6) is -2.87. The van der Waals surface area contributed by atoms with E-state index in [0.717, 1.165) is 25.9 Å². The second kappa shape index (κ2) is 11.9. The van der Waals surface area contributed by atoms with Crippen molar-refractivity contribution in [2.24, 2.45) is 0 Å². The standard InChI is InChI=1S/C20H25NO.C4H4O4/c1-2-21-15-9-14-18(22)20(21)19(16-10-5-3-6-11-16)17-12-7-4-8-13-17;5-3(6)1-2-4(7)8/h3-8,10-13,18-20,22H,2,9,14-15H2,1H3;1-2H,(H,5,6)(H,7,8)/p-2. The maximum absolute atomic E-state index is 10.7. The third kappa shape index (κ3) is 6.83. The van der Waals surface area contributed by atoms with Crippen LogP contribution in [-0.2, 0) is 9.59 Å². The molecule has 1 fully saturated rings. The predicted octanol–water partition coefficient (Wildman–Crippen LogP) is 0.706. The summed E-state index contributed by atoms with van der Waals surface area (Å²) in [6.07, 6.45) is 2.49. The number of nitrogens with zero attached hydrogens (tertiary/aromatic N) is 1. The minimum atomic E-state index is -1.55. The zero-order valence-corrected chi connectivity index (χ0v) is 17.0. The lowest BCUT2D eigenvalue weighted by atomic mass is 9.79. The summed E-state index contributed by atoms with van der Waals surface area (Å²) in [4.78, 5) is 21.3. The smallest absolute Gasteiger partial charge is 0.0705 e. The van der Waals surface area contributed by atoms with Crippen LogP contribution in [0.4, 0.5) is 0 Å². The topological polar surface area (TPSA) is 104 Å². The Bertz CT molecular complexity index is 767. The van der Waals surface area contributed by atoms with Gasteiger partial charge in [0.1, 0.15) is 0 Å². The average molecular weight is 409 g/mol. The number of likely N-dealkylation sites (N-methyl/N-ethyl adjacent to an activating group) is 1. The first kappa shape index (κ1) is 23.3. The zero-order chi connectivity index (χ0) is 21.9. The summed E-state index contributed by atoms with van der Waals surface area (Å²) in [6, 6.07) is 21.4. The summed E-state index contributed by atoms with van der Waals surface area (Å²) < 4.78 is 0. The summed E-state index contributed by atoms with van der Waals surface area (Å²) in [6.45, 7) is 4.25. The highest BCUT2D eigenvalue weighted by atomic mass is 16.4. The Kier molecular flexibility index (Phi) is 9.25. The van der Waals surface area contributed by atoms with Crippen molar-refractivity contribution in [3.63, 3.8) is 0 Å². The molecule has 2 aromatic rings. The number of benzene rings is 2. The molecule has 1 aliphatic rings. The van der Waals surface area contributed by atoms with E-state index in [2.05, 4.69) is 72.5 Å². The molecular formula is C24H27NO5-2. The normalized spacial score (nSPS) is 19.3. The first-order valence-electron chi connectivity index (χ1n) is 10.1. The predicted molar refractivity (Wildman–Crippen MR) is 110 cm³/mol. The number of carbonyl (C=O) groups excluding carboxylic acids is 2. The van der Waals surface area contributed by atoms with E-state index in [9.17, 15) is 24.9 Å². The van der Waals surface area contributed by atoms with Crippen molar-refractivity contribution in [1.29, 1.82) is 0 Å². The highest BCUT2D eigenvalue weighted by Crippen LogP contribution is 2.35. The molecule has 0 aromatic heterocycles. The second-order valence-electron chi connectivity index (χ2n) is 7.10. The first-order chi connectivity index (χ1) is 14.4. The van der Waals surface area contributed by atoms with E-state index >= 15 is 0 Å². The van der Waals surface area contributed by atoms with E-state index in [1.54, 1.807) is 0 Å². The number of aliphatic hydroxyl groups is 1. The van der Waals surface area contributed by atoms with Crippen LogP contribution in [0.5, 0.6) is 0 Å². The van der Waals surface area contributed by atoms with E-state index in [1.807, 2.05) is 0 Å². The Balaban J connectivity index is 0.000000343. The number of aliphatic hydroxyl groups excluding tert-OH is 1. The van der Waals surface area contributed by atoms with Crippen molar-refractivity contribution < 1.29 is 24.9 Å². The summed E-state index contributed by atoms with van der Waals surface area (Å²) >= 11 is 0. The Hall–Kier alpha value is -2.96. The van der Waals surface area contributed by atoms with Crippen molar-refractivity contribution in [2.75, 3.05) is 13.1 Å². The number of carboxylic acid groups (broad SMARTS) is 2. The molecule has 2 unspecified atom stereocenters. The number of hydrogen-bond acceptors (Lipinski definition) is 6. The van der Waals surface area contributed by atoms with E-state index in [1.165, 1.54) is 11.1 Å². The average Bonchev–Trinajstić information content (AvgIpc) is 2.75. The van der Waals surface area contributed by atoms with Gasteiger partial charge in [0.15, 0.2) is 0 Å². The van der Waals surface area contributed by atoms with Gasteiger partial charge in [0, 0.05) is 12.0 Å². The molecule has 2 aromatic carbocycles. The van der Waals surface area contributed by atoms with E-state index < -0.39 is 11.9 Å². The van der Waals surface area contributed by atoms with Crippen LogP contribution >= 0.6 is 0 Å². The van der Waals surface area contributed by atoms with Crippen molar-refractivity contribution in [3.05, 3.63) is 83.9 Å². The molecule has 0 amide bonds. The summed E-state index contributed by atoms with van der Waals surface area (Å²) in [5.41, 5.74) is 2.58. The molecule has 2 atom stereocenters. The first-order valence-corrected chi connectivity index (χ1v) is 10.1. The van der Waals surface area contributed by atoms with E-state index in [0.29, 0.717) is 12.2 Å². The molecule has 1 N–H and O–H groups in total. The highest BCUT2D eigenvalue weighted by Gasteiger charge is 2.36. The van der Waals surface area contributed by atoms with Gasteiger partial charge in [-0.3, -0.25) is 4.90 Å². The molecule has 0 aliphatic carbocycles. The van der Waals surface area contributed by atoms with Gasteiger partial charge >= 0.3 is 0 Å². The number of likely N-dealkylation sites (tertiary alicyclic amines) is 1. The molecule has 1 saturated heterocycles. The SMILES string of the molecule is CCN1CCCC(O)C1C(c1ccccc1)c1ccccc1.O=C([O-])C=CC(=O)[O-]. The lowest BCUT2D eigenvalue weighted by Crippen LogP contribution is -2.51. The Morgan fingerprint density at radius 2 is 1.47 bits per heavy atom. The molecule has 6 nitrogen and oxygen atoms in total. The molecule has 0 bridgehead atoms. The van der Waals surface area contributed by atoms with Crippen LogP contribution < -0.4 is 10.2 Å². The molecule has 0 radical (unpaired) electrons. The van der Waals surface area contributed by atoms with Crippen LogP contribution in [0.1, 0.15) is 36.8 Å². The van der Waals surface area contributed by atoms with Crippen LogP contribution in [-0.4, -0.2) is 47.2 Å². The number of aliphatic carboxylic acids is 2. The third-order valence-corrected chi connectivity index (χ3v) is 5.18. The largest absolute Gasteiger partial charge is 0.545 e. The Labute approximate surface area is 177 Å². The number of carbonyl (C=O) groups is 2. The quantitative estimate of drug-likeness (QED) is 0.705. The van der Waals surface area contributed by atoms with Crippen LogP contribution in [0.25, 0.3) is 0 Å². The van der Waals surface area contributed by atoms with E-state index in [-0.39, 0.29) is 18.1 Å². The van der Waals surface area contributed by atoms with E-state index in [4.69, 9.17) is 0 Å². The minimum absolute atomic E-state index is 0.156. The van der Waals surface area contributed by atoms with Crippen LogP contribution in [0.2, 0.25) is 0 Å². The fourth-order valence-corrected chi connectivity index (χ4v) is 3.91. The van der Waals surface area contributed by atoms with Crippen molar-refractivity contribution in [1.82, 2.24) is 4.90 Å². The zero-order valence-electron chi connectivity index (χ0n) is 17.0. The van der Waals surface area contributed by atoms with Crippen LogP contribution in [0.15, 0.2) is 72.8 Å². The number of piperidine rings is 1. The number of carboxylic acids is 2. The Morgan fingerprint density at radius 1 is 1.00 bits per heavy atom. The maximum Gasteiger partial charge on any atom is 0.0705 e. The molecule has 0 saturated carbocycles. The summed E-state index contributed by atoms with van der Waals surface area (Å²) in [7, 11) is 0. The van der Waals surface area contributed by atoms with Gasteiger partial charge in [0.25, 0.3) is 0 Å².